The van der Waals surface area contributed by atoms with Crippen molar-refractivity contribution in [1.29, 1.82) is 0 Å². The van der Waals surface area contributed by atoms with Crippen LogP contribution in [0.3, 0.4) is 0 Å². The number of nitrogens with zero attached hydrogens (tertiary/aromatic N) is 3. The second-order valence-corrected chi connectivity index (χ2v) is 10.4. The molecule has 3 rings (SSSR count). The Bertz CT molecular complexity index is 1050. The van der Waals surface area contributed by atoms with E-state index in [4.69, 9.17) is 16.3 Å². The molecule has 0 radical (unpaired) electrons. The second-order valence-electron chi connectivity index (χ2n) is 5.69. The van der Waals surface area contributed by atoms with Crippen molar-refractivity contribution in [3.05, 3.63) is 63.1 Å². The predicted octanol–water partition coefficient (Wildman–Crippen LogP) is 5.50. The fourth-order valence-corrected chi connectivity index (χ4v) is 5.83. The standard InChI is InChI=1S/C19H16BrClN4O2S3/c1-27-16-7-6-12(8-14(16)20)9-22-23-17(26)11-29-19-25-24-18(30-19)28-10-13-4-2-3-5-15(13)21/h2-9H,10-11H2,1H3,(H,23,26). The highest BCUT2D eigenvalue weighted by molar-refractivity contribution is 9.10. The summed E-state index contributed by atoms with van der Waals surface area (Å²) in [5, 5.41) is 13.0. The van der Waals surface area contributed by atoms with E-state index in [9.17, 15) is 4.79 Å². The molecule has 0 saturated heterocycles. The average Bonchev–Trinajstić information content (AvgIpc) is 3.20. The van der Waals surface area contributed by atoms with Crippen LogP contribution in [-0.4, -0.2) is 35.2 Å². The maximum absolute atomic E-state index is 12.0. The van der Waals surface area contributed by atoms with Gasteiger partial charge in [-0.2, -0.15) is 5.10 Å². The third kappa shape index (κ3) is 6.98. The highest BCUT2D eigenvalue weighted by Gasteiger charge is 2.09. The van der Waals surface area contributed by atoms with Crippen molar-refractivity contribution >= 4 is 74.5 Å². The number of methoxy groups -OCH3 is 1. The molecule has 0 aliphatic rings. The van der Waals surface area contributed by atoms with E-state index in [0.717, 1.165) is 40.8 Å². The summed E-state index contributed by atoms with van der Waals surface area (Å²) in [7, 11) is 1.60. The molecule has 156 valence electrons. The number of ether oxygens (including phenoxy) is 1. The number of benzene rings is 2. The molecule has 0 unspecified atom stereocenters. The molecule has 0 saturated carbocycles. The van der Waals surface area contributed by atoms with Crippen molar-refractivity contribution in [3.63, 3.8) is 0 Å². The zero-order chi connectivity index (χ0) is 21.3. The van der Waals surface area contributed by atoms with Crippen LogP contribution in [0.4, 0.5) is 0 Å². The van der Waals surface area contributed by atoms with Crippen LogP contribution in [0, 0.1) is 0 Å². The fraction of sp³-hybridized carbons (Fsp3) is 0.158. The largest absolute Gasteiger partial charge is 0.496 e. The van der Waals surface area contributed by atoms with Crippen LogP contribution >= 0.6 is 62.4 Å². The molecule has 2 aromatic carbocycles. The summed E-state index contributed by atoms with van der Waals surface area (Å²) in [6.45, 7) is 0. The van der Waals surface area contributed by atoms with Crippen LogP contribution in [0.25, 0.3) is 0 Å². The van der Waals surface area contributed by atoms with E-state index in [2.05, 4.69) is 36.7 Å². The zero-order valence-electron chi connectivity index (χ0n) is 15.7. The van der Waals surface area contributed by atoms with Gasteiger partial charge in [0, 0.05) is 10.8 Å². The smallest absolute Gasteiger partial charge is 0.250 e. The van der Waals surface area contributed by atoms with Gasteiger partial charge >= 0.3 is 0 Å². The zero-order valence-corrected chi connectivity index (χ0v) is 20.5. The number of carbonyl (C=O) groups is 1. The topological polar surface area (TPSA) is 76.5 Å². The number of halogens is 2. The summed E-state index contributed by atoms with van der Waals surface area (Å²) in [4.78, 5) is 12.0. The highest BCUT2D eigenvalue weighted by atomic mass is 79.9. The number of rotatable bonds is 9. The summed E-state index contributed by atoms with van der Waals surface area (Å²) in [5.74, 6) is 1.43. The van der Waals surface area contributed by atoms with E-state index < -0.39 is 0 Å². The summed E-state index contributed by atoms with van der Waals surface area (Å²) < 4.78 is 7.56. The highest BCUT2D eigenvalue weighted by Crippen LogP contribution is 2.32. The number of hydrogen-bond donors (Lipinski definition) is 1. The van der Waals surface area contributed by atoms with Gasteiger partial charge in [-0.25, -0.2) is 5.43 Å². The molecular weight excluding hydrogens is 528 g/mol. The normalized spacial score (nSPS) is 11.0. The second kappa shape index (κ2) is 11.7. The van der Waals surface area contributed by atoms with Crippen LogP contribution < -0.4 is 10.2 Å². The lowest BCUT2D eigenvalue weighted by Gasteiger charge is -2.03. The Balaban J connectivity index is 1.43. The van der Waals surface area contributed by atoms with Gasteiger partial charge in [-0.3, -0.25) is 4.79 Å². The van der Waals surface area contributed by atoms with Gasteiger partial charge in [0.15, 0.2) is 8.68 Å². The number of hydrazone groups is 1. The van der Waals surface area contributed by atoms with Gasteiger partial charge in [0.05, 0.1) is 23.5 Å². The molecule has 0 fully saturated rings. The lowest BCUT2D eigenvalue weighted by Crippen LogP contribution is -2.19. The summed E-state index contributed by atoms with van der Waals surface area (Å²) in [5.41, 5.74) is 4.39. The van der Waals surface area contributed by atoms with Gasteiger partial charge in [-0.1, -0.05) is 64.7 Å². The molecular formula is C19H16BrClN4O2S3. The van der Waals surface area contributed by atoms with Gasteiger partial charge in [-0.05, 0) is 51.3 Å². The third-order valence-corrected chi connectivity index (χ3v) is 7.83. The van der Waals surface area contributed by atoms with Crippen molar-refractivity contribution in [3.8, 4) is 5.75 Å². The van der Waals surface area contributed by atoms with Crippen LogP contribution in [0.5, 0.6) is 5.75 Å². The van der Waals surface area contributed by atoms with E-state index in [1.807, 2.05) is 42.5 Å². The predicted molar refractivity (Wildman–Crippen MR) is 128 cm³/mol. The first kappa shape index (κ1) is 23.1. The van der Waals surface area contributed by atoms with Crippen molar-refractivity contribution in [2.45, 2.75) is 14.4 Å². The lowest BCUT2D eigenvalue weighted by atomic mass is 10.2. The Labute approximate surface area is 200 Å². The molecule has 1 heterocycles. The van der Waals surface area contributed by atoms with E-state index >= 15 is 0 Å². The van der Waals surface area contributed by atoms with E-state index in [1.54, 1.807) is 25.1 Å². The molecule has 6 nitrogen and oxygen atoms in total. The minimum Gasteiger partial charge on any atom is -0.496 e. The molecule has 11 heteroatoms. The summed E-state index contributed by atoms with van der Waals surface area (Å²) in [6, 6.07) is 13.2. The molecule has 1 N–H and O–H groups in total. The van der Waals surface area contributed by atoms with E-state index in [-0.39, 0.29) is 11.7 Å². The minimum absolute atomic E-state index is 0.202. The Hall–Kier alpha value is -1.59. The maximum atomic E-state index is 12.0. The van der Waals surface area contributed by atoms with Gasteiger partial charge in [-0.15, -0.1) is 10.2 Å². The third-order valence-electron chi connectivity index (χ3n) is 3.60. The number of aromatic nitrogens is 2. The number of hydrogen-bond acceptors (Lipinski definition) is 8. The Morgan fingerprint density at radius 2 is 2.03 bits per heavy atom. The average molecular weight is 544 g/mol. The monoisotopic (exact) mass is 542 g/mol. The molecule has 0 atom stereocenters. The molecule has 0 bridgehead atoms. The molecule has 0 spiro atoms. The molecule has 0 aliphatic heterocycles. The van der Waals surface area contributed by atoms with Crippen molar-refractivity contribution in [2.75, 3.05) is 12.9 Å². The number of thioether (sulfide) groups is 2. The van der Waals surface area contributed by atoms with Crippen LogP contribution in [0.1, 0.15) is 11.1 Å². The number of nitrogens with one attached hydrogen (secondary N) is 1. The van der Waals surface area contributed by atoms with Crippen LogP contribution in [-0.2, 0) is 10.5 Å². The van der Waals surface area contributed by atoms with E-state index in [0.29, 0.717) is 0 Å². The maximum Gasteiger partial charge on any atom is 0.250 e. The molecule has 1 aromatic heterocycles. The number of carbonyl (C=O) groups excluding carboxylic acids is 1. The summed E-state index contributed by atoms with van der Waals surface area (Å²) >= 11 is 13.9. The van der Waals surface area contributed by atoms with Crippen LogP contribution in [0.2, 0.25) is 5.02 Å². The van der Waals surface area contributed by atoms with Gasteiger partial charge in [0.2, 0.25) is 0 Å². The van der Waals surface area contributed by atoms with Crippen LogP contribution in [0.15, 0.2) is 60.7 Å². The van der Waals surface area contributed by atoms with Crippen molar-refractivity contribution < 1.29 is 9.53 Å². The fourth-order valence-electron chi connectivity index (χ4n) is 2.17. The first-order valence-electron chi connectivity index (χ1n) is 8.53. The van der Waals surface area contributed by atoms with Crippen molar-refractivity contribution in [2.24, 2.45) is 5.10 Å². The lowest BCUT2D eigenvalue weighted by molar-refractivity contribution is -0.118. The molecule has 1 amide bonds. The Morgan fingerprint density at radius 1 is 1.27 bits per heavy atom. The first-order valence-corrected chi connectivity index (χ1v) is 12.5. The van der Waals surface area contributed by atoms with E-state index in [1.165, 1.54) is 23.1 Å². The van der Waals surface area contributed by atoms with Gasteiger partial charge in [0.25, 0.3) is 5.91 Å². The quantitative estimate of drug-likeness (QED) is 0.218. The van der Waals surface area contributed by atoms with Crippen molar-refractivity contribution in [1.82, 2.24) is 15.6 Å². The Morgan fingerprint density at radius 3 is 2.77 bits per heavy atom. The van der Waals surface area contributed by atoms with Gasteiger partial charge < -0.3 is 4.74 Å². The minimum atomic E-state index is -0.218. The molecule has 0 aliphatic carbocycles. The summed E-state index contributed by atoms with van der Waals surface area (Å²) in [6.07, 6.45) is 1.57. The molecule has 30 heavy (non-hydrogen) atoms. The first-order chi connectivity index (χ1) is 14.5. The number of amides is 1. The van der Waals surface area contributed by atoms with Gasteiger partial charge in [0.1, 0.15) is 5.75 Å². The Kier molecular flexibility index (Phi) is 9.01. The molecule has 3 aromatic rings. The SMILES string of the molecule is COc1ccc(C=NNC(=O)CSc2nnc(SCc3ccccc3Cl)s2)cc1Br.